The number of piperazine rings is 1. The number of nitrogens with zero attached hydrogens (tertiary/aromatic N) is 5. The second-order valence-corrected chi connectivity index (χ2v) is 9.77. The molecule has 202 valence electrons. The van der Waals surface area contributed by atoms with Crippen LogP contribution in [0.4, 0.5) is 10.5 Å². The van der Waals surface area contributed by atoms with Gasteiger partial charge in [0.1, 0.15) is 36.1 Å². The number of nitro benzene ring substituents is 1. The van der Waals surface area contributed by atoms with Gasteiger partial charge in [-0.05, 0) is 37.6 Å². The van der Waals surface area contributed by atoms with Gasteiger partial charge >= 0.3 is 6.03 Å². The summed E-state index contributed by atoms with van der Waals surface area (Å²) in [7, 11) is 0. The number of aliphatic imine (C=N–C) groups is 1. The summed E-state index contributed by atoms with van der Waals surface area (Å²) in [5.41, 5.74) is 1.41. The zero-order valence-electron chi connectivity index (χ0n) is 21.1. The lowest BCUT2D eigenvalue weighted by molar-refractivity contribution is -0.384. The fraction of sp³-hybridized carbons (Fsp3) is 0.308. The quantitative estimate of drug-likeness (QED) is 0.358. The summed E-state index contributed by atoms with van der Waals surface area (Å²) in [4.78, 5) is 49.6. The number of hydrogen-bond acceptors (Lipinski definition) is 8. The molecule has 39 heavy (non-hydrogen) atoms. The lowest BCUT2D eigenvalue weighted by Crippen LogP contribution is -2.55. The molecule has 3 amide bonds. The van der Waals surface area contributed by atoms with Gasteiger partial charge in [0, 0.05) is 24.2 Å². The molecule has 2 atom stereocenters. The Kier molecular flexibility index (Phi) is 7.20. The van der Waals surface area contributed by atoms with Crippen LogP contribution in [-0.2, 0) is 4.79 Å². The first-order valence-corrected chi connectivity index (χ1v) is 12.6. The molecule has 0 bridgehead atoms. The summed E-state index contributed by atoms with van der Waals surface area (Å²) in [6, 6.07) is 9.34. The van der Waals surface area contributed by atoms with Crippen molar-refractivity contribution in [1.29, 1.82) is 0 Å². The second kappa shape index (κ2) is 10.7. The molecular formula is C26H25ClN6O6. The van der Waals surface area contributed by atoms with Gasteiger partial charge in [-0.3, -0.25) is 24.8 Å². The molecule has 1 aromatic heterocycles. The number of urea groups is 1. The van der Waals surface area contributed by atoms with E-state index in [4.69, 9.17) is 25.7 Å². The normalized spacial score (nSPS) is 19.2. The predicted molar refractivity (Wildman–Crippen MR) is 141 cm³/mol. The number of amides is 3. The minimum Gasteiger partial charge on any atom is -0.490 e. The molecule has 0 radical (unpaired) electrons. The monoisotopic (exact) mass is 552 g/mol. The van der Waals surface area contributed by atoms with Gasteiger partial charge in [0.2, 0.25) is 5.91 Å². The first kappa shape index (κ1) is 26.2. The standard InChI is InChI=1S/C26H25ClN6O6/c1-15(2)39-21-11-18(33(36)37)7-8-19(21)25-30-23(20-13-38-14-29-20)24(16-3-5-17(27)6-4-16)32(25)26(35)31-10-9-28-22(34)12-31/h3-8,11,13-15,23-24H,9-10,12H2,1-2H3,(H,28,34)/t23-,24+/m0/s1. The first-order chi connectivity index (χ1) is 18.7. The second-order valence-electron chi connectivity index (χ2n) is 9.34. The van der Waals surface area contributed by atoms with Crippen LogP contribution in [0.25, 0.3) is 0 Å². The highest BCUT2D eigenvalue weighted by Crippen LogP contribution is 2.45. The van der Waals surface area contributed by atoms with Crippen molar-refractivity contribution in [2.75, 3.05) is 19.6 Å². The van der Waals surface area contributed by atoms with Crippen molar-refractivity contribution < 1.29 is 23.7 Å². The largest absolute Gasteiger partial charge is 0.490 e. The van der Waals surface area contributed by atoms with Crippen LogP contribution < -0.4 is 10.1 Å². The van der Waals surface area contributed by atoms with E-state index in [1.807, 2.05) is 0 Å². The smallest absolute Gasteiger partial charge is 0.326 e. The van der Waals surface area contributed by atoms with E-state index in [1.54, 1.807) is 38.1 Å². The number of aromatic nitrogens is 1. The Labute approximate surface area is 228 Å². The Morgan fingerprint density at radius 3 is 2.67 bits per heavy atom. The molecule has 2 aliphatic rings. The van der Waals surface area contributed by atoms with Gasteiger partial charge < -0.3 is 19.4 Å². The maximum Gasteiger partial charge on any atom is 0.326 e. The maximum atomic E-state index is 14.2. The van der Waals surface area contributed by atoms with E-state index in [9.17, 15) is 19.7 Å². The lowest BCUT2D eigenvalue weighted by atomic mass is 9.97. The van der Waals surface area contributed by atoms with Crippen molar-refractivity contribution in [3.63, 3.8) is 0 Å². The molecule has 1 saturated heterocycles. The number of hydrogen-bond donors (Lipinski definition) is 1. The number of halogens is 1. The first-order valence-electron chi connectivity index (χ1n) is 12.2. The van der Waals surface area contributed by atoms with Crippen LogP contribution in [0.15, 0.2) is 64.5 Å². The van der Waals surface area contributed by atoms with Crippen molar-refractivity contribution in [3.8, 4) is 5.75 Å². The molecule has 13 heteroatoms. The summed E-state index contributed by atoms with van der Waals surface area (Å²) < 4.78 is 11.2. The number of ether oxygens (including phenoxy) is 1. The van der Waals surface area contributed by atoms with E-state index in [0.717, 1.165) is 0 Å². The molecule has 2 aromatic carbocycles. The summed E-state index contributed by atoms with van der Waals surface area (Å²) >= 11 is 6.16. The molecule has 5 rings (SSSR count). The topological polar surface area (TPSA) is 143 Å². The zero-order valence-corrected chi connectivity index (χ0v) is 21.9. The maximum absolute atomic E-state index is 14.2. The van der Waals surface area contributed by atoms with Crippen LogP contribution in [-0.4, -0.2) is 63.2 Å². The van der Waals surface area contributed by atoms with Gasteiger partial charge in [-0.15, -0.1) is 0 Å². The fourth-order valence-corrected chi connectivity index (χ4v) is 4.77. The van der Waals surface area contributed by atoms with Crippen LogP contribution >= 0.6 is 11.6 Å². The van der Waals surface area contributed by atoms with Gasteiger partial charge in [-0.1, -0.05) is 23.7 Å². The SMILES string of the molecule is CC(C)Oc1cc([N+](=O)[O-])ccc1C1=N[C@@H](c2cocn2)[C@@H](c2ccc(Cl)cc2)N1C(=O)N1CCNC(=O)C1. The molecule has 1 fully saturated rings. The molecule has 3 aromatic rings. The average molecular weight is 553 g/mol. The minimum atomic E-state index is -0.693. The summed E-state index contributed by atoms with van der Waals surface area (Å²) in [6.07, 6.45) is 2.42. The van der Waals surface area contributed by atoms with Crippen molar-refractivity contribution in [3.05, 3.63) is 87.1 Å². The fourth-order valence-electron chi connectivity index (χ4n) is 4.65. The number of non-ortho nitro benzene ring substituents is 1. The molecule has 0 unspecified atom stereocenters. The number of benzene rings is 2. The van der Waals surface area contributed by atoms with Crippen LogP contribution in [0, 0.1) is 10.1 Å². The predicted octanol–water partition coefficient (Wildman–Crippen LogP) is 4.12. The van der Waals surface area contributed by atoms with Crippen LogP contribution in [0.3, 0.4) is 0 Å². The molecule has 0 aliphatic carbocycles. The third-order valence-electron chi connectivity index (χ3n) is 6.33. The molecule has 0 spiro atoms. The van der Waals surface area contributed by atoms with E-state index >= 15 is 0 Å². The van der Waals surface area contributed by atoms with E-state index in [0.29, 0.717) is 34.9 Å². The van der Waals surface area contributed by atoms with E-state index in [2.05, 4.69) is 10.3 Å². The van der Waals surface area contributed by atoms with Crippen LogP contribution in [0.5, 0.6) is 5.75 Å². The Morgan fingerprint density at radius 2 is 2.03 bits per heavy atom. The van der Waals surface area contributed by atoms with Crippen LogP contribution in [0.1, 0.15) is 42.8 Å². The zero-order chi connectivity index (χ0) is 27.7. The number of carbonyl (C=O) groups excluding carboxylic acids is 2. The van der Waals surface area contributed by atoms with Gasteiger partial charge in [0.25, 0.3) is 5.69 Å². The summed E-state index contributed by atoms with van der Waals surface area (Å²) in [6.45, 7) is 4.07. The van der Waals surface area contributed by atoms with E-state index in [-0.39, 0.29) is 35.8 Å². The number of rotatable bonds is 6. The highest BCUT2D eigenvalue weighted by Gasteiger charge is 2.46. The minimum absolute atomic E-state index is 0.125. The van der Waals surface area contributed by atoms with Gasteiger partial charge in [-0.2, -0.15) is 0 Å². The summed E-state index contributed by atoms with van der Waals surface area (Å²) in [5, 5.41) is 14.8. The average Bonchev–Trinajstić information content (AvgIpc) is 3.57. The van der Waals surface area contributed by atoms with Gasteiger partial charge in [0.15, 0.2) is 6.39 Å². The Balaban J connectivity index is 1.70. The number of nitro groups is 1. The van der Waals surface area contributed by atoms with Crippen molar-refractivity contribution >= 4 is 35.1 Å². The molecule has 0 saturated carbocycles. The van der Waals surface area contributed by atoms with Crippen LogP contribution in [0.2, 0.25) is 5.02 Å². The van der Waals surface area contributed by atoms with Crippen molar-refractivity contribution in [2.24, 2.45) is 4.99 Å². The third kappa shape index (κ3) is 5.28. The van der Waals surface area contributed by atoms with Gasteiger partial charge in [-0.25, -0.2) is 9.78 Å². The van der Waals surface area contributed by atoms with E-state index < -0.39 is 23.0 Å². The van der Waals surface area contributed by atoms with Crippen molar-refractivity contribution in [2.45, 2.75) is 32.0 Å². The third-order valence-corrected chi connectivity index (χ3v) is 6.58. The Bertz CT molecular complexity index is 1430. The number of oxazole rings is 1. The van der Waals surface area contributed by atoms with E-state index in [1.165, 1.54) is 40.7 Å². The van der Waals surface area contributed by atoms with Crippen molar-refractivity contribution in [1.82, 2.24) is 20.1 Å². The summed E-state index contributed by atoms with van der Waals surface area (Å²) in [5.74, 6) is 0.148. The molecule has 3 heterocycles. The molecular weight excluding hydrogens is 528 g/mol. The highest BCUT2D eigenvalue weighted by molar-refractivity contribution is 6.30. The number of carbonyl (C=O) groups is 2. The lowest BCUT2D eigenvalue weighted by Gasteiger charge is -2.35. The number of nitrogens with one attached hydrogen (secondary N) is 1. The molecule has 12 nitrogen and oxygen atoms in total. The molecule has 2 aliphatic heterocycles. The Hall–Kier alpha value is -4.45. The highest BCUT2D eigenvalue weighted by atomic mass is 35.5. The number of amidine groups is 1. The van der Waals surface area contributed by atoms with Gasteiger partial charge in [0.05, 0.1) is 28.7 Å². The Morgan fingerprint density at radius 1 is 1.26 bits per heavy atom. The molecule has 1 N–H and O–H groups in total.